The first-order valence-corrected chi connectivity index (χ1v) is 10.3. The van der Waals surface area contributed by atoms with Gasteiger partial charge in [-0.1, -0.05) is 12.1 Å². The lowest BCUT2D eigenvalue weighted by molar-refractivity contribution is 0.117. The molecular weight excluding hydrogens is 382 g/mol. The highest BCUT2D eigenvalue weighted by molar-refractivity contribution is 5.76. The first kappa shape index (κ1) is 20.2. The van der Waals surface area contributed by atoms with E-state index in [1.165, 1.54) is 0 Å². The number of methoxy groups -OCH3 is 1. The summed E-state index contributed by atoms with van der Waals surface area (Å²) in [4.78, 5) is 24.8. The number of hydrogen-bond acceptors (Lipinski definition) is 5. The van der Waals surface area contributed by atoms with Crippen molar-refractivity contribution in [2.75, 3.05) is 7.11 Å². The Morgan fingerprint density at radius 2 is 2.00 bits per heavy atom. The monoisotopic (exact) mass is 409 g/mol. The normalized spacial score (nSPS) is 19.9. The van der Waals surface area contributed by atoms with Gasteiger partial charge in [0.25, 0.3) is 0 Å². The van der Waals surface area contributed by atoms with Gasteiger partial charge >= 0.3 is 6.03 Å². The number of amides is 2. The van der Waals surface area contributed by atoms with Crippen molar-refractivity contribution in [2.24, 2.45) is 0 Å². The number of imidazole rings is 1. The number of aliphatic hydroxyl groups is 1. The molecule has 1 unspecified atom stereocenters. The van der Waals surface area contributed by atoms with Crippen LogP contribution in [0.4, 0.5) is 4.79 Å². The summed E-state index contributed by atoms with van der Waals surface area (Å²) in [5, 5.41) is 15.8. The molecule has 3 aromatic rings. The number of urea groups is 1. The fourth-order valence-electron chi connectivity index (χ4n) is 3.86. The summed E-state index contributed by atoms with van der Waals surface area (Å²) in [6, 6.07) is 9.14. The molecule has 0 spiro atoms. The number of aromatic amines is 1. The highest BCUT2D eigenvalue weighted by Gasteiger charge is 2.24. The molecule has 1 saturated carbocycles. The van der Waals surface area contributed by atoms with Crippen molar-refractivity contribution in [3.05, 3.63) is 54.1 Å². The van der Waals surface area contributed by atoms with Gasteiger partial charge in [-0.15, -0.1) is 0 Å². The number of H-pyrrole nitrogens is 1. The fourth-order valence-corrected chi connectivity index (χ4v) is 3.86. The molecule has 0 aliphatic heterocycles. The van der Waals surface area contributed by atoms with Crippen LogP contribution in [0.1, 0.15) is 43.1 Å². The van der Waals surface area contributed by atoms with Crippen molar-refractivity contribution < 1.29 is 14.6 Å². The molecule has 1 aliphatic carbocycles. The quantitative estimate of drug-likeness (QED) is 0.500. The average Bonchev–Trinajstić information content (AvgIpc) is 3.20. The zero-order chi connectivity index (χ0) is 20.9. The number of carbonyl (C=O) groups is 1. The van der Waals surface area contributed by atoms with Crippen molar-refractivity contribution in [1.29, 1.82) is 0 Å². The number of benzene rings is 1. The summed E-state index contributed by atoms with van der Waals surface area (Å²) in [6.45, 7) is 0. The summed E-state index contributed by atoms with van der Waals surface area (Å²) in [5.74, 6) is 1.47. The number of aliphatic hydroxyl groups excluding tert-OH is 1. The highest BCUT2D eigenvalue weighted by Crippen LogP contribution is 2.22. The Balaban J connectivity index is 1.50. The molecule has 8 heteroatoms. The zero-order valence-corrected chi connectivity index (χ0v) is 17.0. The van der Waals surface area contributed by atoms with E-state index in [4.69, 9.17) is 4.74 Å². The van der Waals surface area contributed by atoms with E-state index in [-0.39, 0.29) is 24.2 Å². The van der Waals surface area contributed by atoms with Crippen LogP contribution in [0.2, 0.25) is 0 Å². The summed E-state index contributed by atoms with van der Waals surface area (Å²) in [7, 11) is 1.64. The molecular formula is C22H27N5O3. The van der Waals surface area contributed by atoms with Crippen LogP contribution in [-0.4, -0.2) is 45.3 Å². The smallest absolute Gasteiger partial charge is 0.315 e. The highest BCUT2D eigenvalue weighted by atomic mass is 16.5. The molecule has 158 valence electrons. The lowest BCUT2D eigenvalue weighted by Gasteiger charge is -2.27. The van der Waals surface area contributed by atoms with Crippen LogP contribution < -0.4 is 15.4 Å². The minimum atomic E-state index is -0.333. The summed E-state index contributed by atoms with van der Waals surface area (Å²) < 4.78 is 5.23. The molecule has 8 nitrogen and oxygen atoms in total. The van der Waals surface area contributed by atoms with Gasteiger partial charge in [0.2, 0.25) is 0 Å². The van der Waals surface area contributed by atoms with E-state index in [2.05, 4.69) is 25.6 Å². The third-order valence-electron chi connectivity index (χ3n) is 5.57. The topological polar surface area (TPSA) is 112 Å². The van der Waals surface area contributed by atoms with Crippen LogP contribution >= 0.6 is 0 Å². The van der Waals surface area contributed by atoms with E-state index in [0.717, 1.165) is 48.0 Å². The Hall–Kier alpha value is -3.13. The number of pyridine rings is 1. The Morgan fingerprint density at radius 3 is 2.70 bits per heavy atom. The van der Waals surface area contributed by atoms with Gasteiger partial charge < -0.3 is 25.5 Å². The average molecular weight is 409 g/mol. The Bertz CT molecular complexity index is 947. The maximum Gasteiger partial charge on any atom is 0.315 e. The maximum absolute atomic E-state index is 12.7. The van der Waals surface area contributed by atoms with Crippen LogP contribution in [-0.2, 0) is 6.42 Å². The Kier molecular flexibility index (Phi) is 6.13. The first-order valence-electron chi connectivity index (χ1n) is 10.3. The van der Waals surface area contributed by atoms with Gasteiger partial charge in [-0.2, -0.15) is 0 Å². The third-order valence-corrected chi connectivity index (χ3v) is 5.57. The van der Waals surface area contributed by atoms with Gasteiger partial charge in [0, 0.05) is 12.2 Å². The molecule has 1 aliphatic rings. The molecule has 2 aromatic heterocycles. The van der Waals surface area contributed by atoms with E-state index >= 15 is 0 Å². The number of carbonyl (C=O) groups excluding carboxylic acids is 1. The number of rotatable bonds is 6. The number of nitrogens with zero attached hydrogens (tertiary/aromatic N) is 2. The molecule has 2 heterocycles. The minimum absolute atomic E-state index is 0.0786. The third kappa shape index (κ3) is 4.88. The summed E-state index contributed by atoms with van der Waals surface area (Å²) in [5.41, 5.74) is 2.69. The molecule has 1 atom stereocenters. The van der Waals surface area contributed by atoms with E-state index in [0.29, 0.717) is 12.2 Å². The van der Waals surface area contributed by atoms with Gasteiger partial charge in [0.1, 0.15) is 11.6 Å². The van der Waals surface area contributed by atoms with Gasteiger partial charge in [-0.05, 0) is 55.9 Å². The first-order chi connectivity index (χ1) is 14.6. The summed E-state index contributed by atoms with van der Waals surface area (Å²) >= 11 is 0. The molecule has 4 N–H and O–H groups in total. The van der Waals surface area contributed by atoms with Crippen molar-refractivity contribution >= 4 is 17.1 Å². The molecule has 1 fully saturated rings. The standard InChI is InChI=1S/C22H27N5O3/c1-30-17-8-2-14(3-9-17)12-19(21-25-18-10-11-23-13-20(18)26-21)27-22(29)24-15-4-6-16(28)7-5-15/h2-3,8-11,13,15-16,19,28H,4-7,12H2,1H3,(H,25,26)(H2,24,27,29). The summed E-state index contributed by atoms with van der Waals surface area (Å²) in [6.07, 6.45) is 6.76. The van der Waals surface area contributed by atoms with Gasteiger partial charge in [-0.25, -0.2) is 9.78 Å². The maximum atomic E-state index is 12.7. The minimum Gasteiger partial charge on any atom is -0.497 e. The second kappa shape index (κ2) is 9.13. The van der Waals surface area contributed by atoms with E-state index in [1.807, 2.05) is 30.3 Å². The number of ether oxygens (including phenoxy) is 1. The van der Waals surface area contributed by atoms with Crippen molar-refractivity contribution in [3.8, 4) is 5.75 Å². The number of hydrogen-bond donors (Lipinski definition) is 4. The predicted molar refractivity (Wildman–Crippen MR) is 113 cm³/mol. The number of fused-ring (bicyclic) bond motifs is 1. The van der Waals surface area contributed by atoms with Crippen LogP contribution in [0, 0.1) is 0 Å². The number of aromatic nitrogens is 3. The molecule has 0 saturated heterocycles. The predicted octanol–water partition coefficient (Wildman–Crippen LogP) is 2.85. The van der Waals surface area contributed by atoms with Crippen LogP contribution in [0.5, 0.6) is 5.75 Å². The van der Waals surface area contributed by atoms with E-state index in [9.17, 15) is 9.90 Å². The second-order valence-corrected chi connectivity index (χ2v) is 7.74. The van der Waals surface area contributed by atoms with Gasteiger partial charge in [-0.3, -0.25) is 4.98 Å². The van der Waals surface area contributed by atoms with Gasteiger partial charge in [0.05, 0.1) is 36.5 Å². The Labute approximate surface area is 175 Å². The van der Waals surface area contributed by atoms with Crippen molar-refractivity contribution in [3.63, 3.8) is 0 Å². The molecule has 4 rings (SSSR count). The van der Waals surface area contributed by atoms with Crippen LogP contribution in [0.15, 0.2) is 42.7 Å². The van der Waals surface area contributed by atoms with Crippen LogP contribution in [0.25, 0.3) is 11.0 Å². The number of nitrogens with one attached hydrogen (secondary N) is 3. The second-order valence-electron chi connectivity index (χ2n) is 7.74. The molecule has 30 heavy (non-hydrogen) atoms. The van der Waals surface area contributed by atoms with Crippen molar-refractivity contribution in [2.45, 2.75) is 50.3 Å². The van der Waals surface area contributed by atoms with E-state index in [1.54, 1.807) is 19.5 Å². The lowest BCUT2D eigenvalue weighted by atomic mass is 9.93. The molecule has 0 bridgehead atoms. The Morgan fingerprint density at radius 1 is 1.23 bits per heavy atom. The molecule has 0 radical (unpaired) electrons. The molecule has 1 aromatic carbocycles. The van der Waals surface area contributed by atoms with Gasteiger partial charge in [0.15, 0.2) is 0 Å². The van der Waals surface area contributed by atoms with Crippen LogP contribution in [0.3, 0.4) is 0 Å². The zero-order valence-electron chi connectivity index (χ0n) is 17.0. The van der Waals surface area contributed by atoms with Crippen molar-refractivity contribution in [1.82, 2.24) is 25.6 Å². The van der Waals surface area contributed by atoms with E-state index < -0.39 is 0 Å². The fraction of sp³-hybridized carbons (Fsp3) is 0.409. The molecule has 2 amide bonds. The lowest BCUT2D eigenvalue weighted by Crippen LogP contribution is -2.45. The SMILES string of the molecule is COc1ccc(CC(NC(=O)NC2CCC(O)CC2)c2nc3ccncc3[nH]2)cc1. The largest absolute Gasteiger partial charge is 0.497 e.